The molecule has 0 atom stereocenters. The van der Waals surface area contributed by atoms with Gasteiger partial charge in [0.15, 0.2) is 0 Å². The van der Waals surface area contributed by atoms with Crippen molar-refractivity contribution in [2.75, 3.05) is 0 Å². The molecule has 0 aliphatic carbocycles. The number of aromatic carboxylic acids is 2. The van der Waals surface area contributed by atoms with E-state index in [1.165, 1.54) is 36.4 Å². The van der Waals surface area contributed by atoms with Crippen molar-refractivity contribution < 1.29 is 29.4 Å². The third-order valence-corrected chi connectivity index (χ3v) is 3.32. The Bertz CT molecular complexity index is 876. The highest BCUT2D eigenvalue weighted by atomic mass is 16.4. The van der Waals surface area contributed by atoms with Crippen LogP contribution in [0.15, 0.2) is 46.4 Å². The predicted molar refractivity (Wildman–Crippen MR) is 85.2 cm³/mol. The van der Waals surface area contributed by atoms with E-state index in [1.807, 2.05) is 0 Å². The Labute approximate surface area is 140 Å². The summed E-state index contributed by atoms with van der Waals surface area (Å²) in [5, 5.41) is 18.4. The molecule has 25 heavy (non-hydrogen) atoms. The minimum Gasteiger partial charge on any atom is -0.478 e. The van der Waals surface area contributed by atoms with Gasteiger partial charge in [0.25, 0.3) is 0 Å². The highest BCUT2D eigenvalue weighted by Gasteiger charge is 2.13. The molecule has 124 valence electrons. The molecule has 0 unspecified atom stereocenters. The second kappa shape index (κ2) is 7.61. The van der Waals surface area contributed by atoms with Crippen molar-refractivity contribution in [3.05, 3.63) is 58.7 Å². The fourth-order valence-corrected chi connectivity index (χ4v) is 2.26. The summed E-state index contributed by atoms with van der Waals surface area (Å²) in [4.78, 5) is 49.8. The molecule has 8 heteroatoms. The number of rotatable bonds is 6. The molecule has 2 aromatic carbocycles. The quantitative estimate of drug-likeness (QED) is 0.614. The van der Waals surface area contributed by atoms with Gasteiger partial charge in [0.05, 0.1) is 22.5 Å². The van der Waals surface area contributed by atoms with E-state index in [2.05, 4.69) is 9.98 Å². The predicted octanol–water partition coefficient (Wildman–Crippen LogP) is 2.61. The lowest BCUT2D eigenvalue weighted by molar-refractivity contribution is 0.0687. The van der Waals surface area contributed by atoms with Crippen molar-refractivity contribution in [3.8, 4) is 0 Å². The fourth-order valence-electron chi connectivity index (χ4n) is 2.26. The van der Waals surface area contributed by atoms with Gasteiger partial charge >= 0.3 is 11.9 Å². The highest BCUT2D eigenvalue weighted by Crippen LogP contribution is 2.25. The van der Waals surface area contributed by atoms with Gasteiger partial charge < -0.3 is 10.2 Å². The molecule has 0 heterocycles. The first-order chi connectivity index (χ1) is 12.0. The molecule has 2 rings (SSSR count). The van der Waals surface area contributed by atoms with Crippen molar-refractivity contribution in [2.45, 2.75) is 6.42 Å². The standard InChI is InChI=1S/C17H10N2O6/c20-8-18-14-3-1-10(6-12(14)16(22)23)5-11-2-4-15(19-9-21)13(7-11)17(24)25/h1-4,6-7H,5H2,(H,22,23)(H,24,25). The molecule has 0 bridgehead atoms. The second-order valence-electron chi connectivity index (χ2n) is 4.90. The van der Waals surface area contributed by atoms with Gasteiger partial charge in [-0.3, -0.25) is 0 Å². The first kappa shape index (κ1) is 17.5. The van der Waals surface area contributed by atoms with E-state index in [0.29, 0.717) is 11.1 Å². The minimum atomic E-state index is -1.25. The van der Waals surface area contributed by atoms with E-state index in [0.717, 1.165) is 0 Å². The third kappa shape index (κ3) is 4.11. The van der Waals surface area contributed by atoms with E-state index < -0.39 is 11.9 Å². The number of nitrogens with zero attached hydrogens (tertiary/aromatic N) is 2. The van der Waals surface area contributed by atoms with Crippen molar-refractivity contribution in [1.29, 1.82) is 0 Å². The van der Waals surface area contributed by atoms with Gasteiger partial charge in [-0.1, -0.05) is 12.1 Å². The van der Waals surface area contributed by atoms with E-state index >= 15 is 0 Å². The molecule has 2 aromatic rings. The highest BCUT2D eigenvalue weighted by molar-refractivity contribution is 5.95. The van der Waals surface area contributed by atoms with E-state index in [-0.39, 0.29) is 28.9 Å². The van der Waals surface area contributed by atoms with Crippen molar-refractivity contribution in [3.63, 3.8) is 0 Å². The van der Waals surface area contributed by atoms with Crippen molar-refractivity contribution >= 4 is 35.5 Å². The molecule has 0 spiro atoms. The maximum atomic E-state index is 11.2. The summed E-state index contributed by atoms with van der Waals surface area (Å²) < 4.78 is 0. The Hall–Kier alpha value is -3.86. The third-order valence-electron chi connectivity index (χ3n) is 3.32. The smallest absolute Gasteiger partial charge is 0.337 e. The summed E-state index contributed by atoms with van der Waals surface area (Å²) in [5.74, 6) is -2.50. The molecule has 0 aliphatic heterocycles. The van der Waals surface area contributed by atoms with Crippen molar-refractivity contribution in [1.82, 2.24) is 0 Å². The molecule has 0 fully saturated rings. The van der Waals surface area contributed by atoms with Crippen LogP contribution >= 0.6 is 0 Å². The molecule has 0 aliphatic rings. The van der Waals surface area contributed by atoms with Gasteiger partial charge in [-0.05, 0) is 41.8 Å². The zero-order valence-electron chi connectivity index (χ0n) is 12.6. The molecule has 2 N–H and O–H groups in total. The average molecular weight is 338 g/mol. The van der Waals surface area contributed by atoms with Crippen LogP contribution in [0.3, 0.4) is 0 Å². The zero-order valence-corrected chi connectivity index (χ0v) is 12.6. The first-order valence-electron chi connectivity index (χ1n) is 6.84. The second-order valence-corrected chi connectivity index (χ2v) is 4.90. The maximum Gasteiger partial charge on any atom is 0.337 e. The molecule has 8 nitrogen and oxygen atoms in total. The molecular formula is C17H10N2O6. The number of benzene rings is 2. The zero-order chi connectivity index (χ0) is 18.4. The lowest BCUT2D eigenvalue weighted by atomic mass is 9.99. The van der Waals surface area contributed by atoms with E-state index in [9.17, 15) is 29.4 Å². The van der Waals surface area contributed by atoms with Gasteiger partial charge in [0, 0.05) is 0 Å². The number of aliphatic imine (C=N–C) groups is 2. The lowest BCUT2D eigenvalue weighted by Gasteiger charge is -2.07. The van der Waals surface area contributed by atoms with Crippen LogP contribution in [0.5, 0.6) is 0 Å². The topological polar surface area (TPSA) is 133 Å². The molecule has 0 aromatic heterocycles. The number of carboxylic acid groups (broad SMARTS) is 2. The van der Waals surface area contributed by atoms with E-state index in [1.54, 1.807) is 12.1 Å². The van der Waals surface area contributed by atoms with Crippen LogP contribution in [0.25, 0.3) is 0 Å². The Morgan fingerprint density at radius 2 is 1.20 bits per heavy atom. The fraction of sp³-hybridized carbons (Fsp3) is 0.0588. The molecule has 0 radical (unpaired) electrons. The lowest BCUT2D eigenvalue weighted by Crippen LogP contribution is -2.01. The number of carbonyl (C=O) groups is 2. The van der Waals surface area contributed by atoms with Crippen LogP contribution in [-0.2, 0) is 16.0 Å². The summed E-state index contributed by atoms with van der Waals surface area (Å²) in [6.07, 6.45) is 2.82. The number of hydrogen-bond donors (Lipinski definition) is 2. The summed E-state index contributed by atoms with van der Waals surface area (Å²) in [7, 11) is 0. The summed E-state index contributed by atoms with van der Waals surface area (Å²) in [5.41, 5.74) is 0.778. The molecule has 0 saturated carbocycles. The van der Waals surface area contributed by atoms with Crippen molar-refractivity contribution in [2.24, 2.45) is 9.98 Å². The summed E-state index contributed by atoms with van der Waals surface area (Å²) >= 11 is 0. The Balaban J connectivity index is 2.43. The number of isocyanates is 2. The van der Waals surface area contributed by atoms with Crippen LogP contribution in [0.4, 0.5) is 11.4 Å². The summed E-state index contributed by atoms with van der Waals surface area (Å²) in [6.45, 7) is 0. The molecule has 0 amide bonds. The van der Waals surface area contributed by atoms with Crippen LogP contribution in [0.2, 0.25) is 0 Å². The van der Waals surface area contributed by atoms with Gasteiger partial charge in [-0.15, -0.1) is 0 Å². The average Bonchev–Trinajstić information content (AvgIpc) is 2.57. The SMILES string of the molecule is O=C=Nc1ccc(Cc2ccc(N=C=O)c(C(=O)O)c2)cc1C(=O)O. The van der Waals surface area contributed by atoms with E-state index in [4.69, 9.17) is 0 Å². The molecular weight excluding hydrogens is 328 g/mol. The monoisotopic (exact) mass is 338 g/mol. The number of carbonyl (C=O) groups excluding carboxylic acids is 2. The van der Waals surface area contributed by atoms with Gasteiger partial charge in [0.2, 0.25) is 12.2 Å². The number of hydrogen-bond acceptors (Lipinski definition) is 6. The van der Waals surface area contributed by atoms with Crippen LogP contribution < -0.4 is 0 Å². The Morgan fingerprint density at radius 1 is 0.800 bits per heavy atom. The first-order valence-corrected chi connectivity index (χ1v) is 6.84. The molecule has 0 saturated heterocycles. The normalized spacial score (nSPS) is 9.60. The van der Waals surface area contributed by atoms with Crippen LogP contribution in [-0.4, -0.2) is 34.3 Å². The minimum absolute atomic E-state index is 0.0202. The van der Waals surface area contributed by atoms with Crippen LogP contribution in [0.1, 0.15) is 31.8 Å². The van der Waals surface area contributed by atoms with Gasteiger partial charge in [0.1, 0.15) is 0 Å². The van der Waals surface area contributed by atoms with Gasteiger partial charge in [-0.2, -0.15) is 9.98 Å². The van der Waals surface area contributed by atoms with Gasteiger partial charge in [-0.25, -0.2) is 19.2 Å². The Kier molecular flexibility index (Phi) is 5.32. The Morgan fingerprint density at radius 3 is 1.52 bits per heavy atom. The summed E-state index contributed by atoms with van der Waals surface area (Å²) in [6, 6.07) is 8.56. The maximum absolute atomic E-state index is 11.2. The largest absolute Gasteiger partial charge is 0.478 e. The number of carboxylic acids is 2. The van der Waals surface area contributed by atoms with Crippen LogP contribution in [0, 0.1) is 0 Å².